The Bertz CT molecular complexity index is 281. The highest BCUT2D eigenvalue weighted by Gasteiger charge is 2.48. The van der Waals surface area contributed by atoms with E-state index >= 15 is 0 Å². The third-order valence-corrected chi connectivity index (χ3v) is 4.13. The van der Waals surface area contributed by atoms with Gasteiger partial charge < -0.3 is 5.32 Å². The maximum atomic E-state index is 12.0. The molecule has 16 heavy (non-hydrogen) atoms. The second-order valence-electron chi connectivity index (χ2n) is 5.38. The van der Waals surface area contributed by atoms with Crippen molar-refractivity contribution in [3.05, 3.63) is 0 Å². The van der Waals surface area contributed by atoms with Gasteiger partial charge in [-0.25, -0.2) is 5.06 Å². The van der Waals surface area contributed by atoms with Crippen LogP contribution in [0.1, 0.15) is 44.9 Å². The van der Waals surface area contributed by atoms with Crippen LogP contribution in [-0.2, 0) is 9.63 Å². The standard InChI is InChI=1S/C12H20N2O2/c15-11-8-12(5-1-2-6-12)16-14(11)10-4-3-7-13-9-10/h10,13H,1-9H2. The van der Waals surface area contributed by atoms with E-state index in [4.69, 9.17) is 4.84 Å². The second-order valence-corrected chi connectivity index (χ2v) is 5.38. The van der Waals surface area contributed by atoms with E-state index in [2.05, 4.69) is 5.32 Å². The van der Waals surface area contributed by atoms with E-state index in [0.717, 1.165) is 38.8 Å². The molecule has 1 N–H and O–H groups in total. The number of hydrogen-bond donors (Lipinski definition) is 1. The zero-order valence-electron chi connectivity index (χ0n) is 9.71. The van der Waals surface area contributed by atoms with Gasteiger partial charge in [0.2, 0.25) is 5.91 Å². The molecule has 1 unspecified atom stereocenters. The molecular weight excluding hydrogens is 204 g/mol. The van der Waals surface area contributed by atoms with Crippen LogP contribution in [0.4, 0.5) is 0 Å². The van der Waals surface area contributed by atoms with Gasteiger partial charge in [0, 0.05) is 6.54 Å². The van der Waals surface area contributed by atoms with E-state index in [0.29, 0.717) is 6.42 Å². The van der Waals surface area contributed by atoms with E-state index in [9.17, 15) is 4.79 Å². The molecule has 3 aliphatic rings. The summed E-state index contributed by atoms with van der Waals surface area (Å²) >= 11 is 0. The SMILES string of the molecule is O=C1CC2(CCCC2)ON1C1CCCNC1. The van der Waals surface area contributed by atoms with E-state index in [1.807, 2.05) is 0 Å². The Kier molecular flexibility index (Phi) is 2.64. The third-order valence-electron chi connectivity index (χ3n) is 4.13. The minimum absolute atomic E-state index is 0.117. The van der Waals surface area contributed by atoms with Gasteiger partial charge in [-0.05, 0) is 32.2 Å². The number of carbonyl (C=O) groups excluding carboxylic acids is 1. The molecule has 4 nitrogen and oxygen atoms in total. The summed E-state index contributed by atoms with van der Waals surface area (Å²) in [4.78, 5) is 18.0. The normalized spacial score (nSPS) is 33.9. The predicted molar refractivity (Wildman–Crippen MR) is 59.6 cm³/mol. The number of hydrogen-bond acceptors (Lipinski definition) is 3. The molecule has 1 amide bonds. The molecule has 2 aliphatic heterocycles. The number of nitrogens with zero attached hydrogens (tertiary/aromatic N) is 1. The summed E-state index contributed by atoms with van der Waals surface area (Å²) in [6.07, 6.45) is 7.39. The van der Waals surface area contributed by atoms with Crippen LogP contribution >= 0.6 is 0 Å². The second kappa shape index (κ2) is 4.00. The Morgan fingerprint density at radius 2 is 2.12 bits per heavy atom. The lowest BCUT2D eigenvalue weighted by molar-refractivity contribution is -0.216. The molecule has 0 aromatic carbocycles. The Morgan fingerprint density at radius 1 is 1.31 bits per heavy atom. The average Bonchev–Trinajstić information content (AvgIpc) is 2.88. The number of hydroxylamine groups is 2. The van der Waals surface area contributed by atoms with E-state index < -0.39 is 0 Å². The molecule has 3 rings (SSSR count). The van der Waals surface area contributed by atoms with Crippen molar-refractivity contribution in [2.75, 3.05) is 13.1 Å². The van der Waals surface area contributed by atoms with Gasteiger partial charge in [-0.2, -0.15) is 0 Å². The van der Waals surface area contributed by atoms with Crippen molar-refractivity contribution in [1.82, 2.24) is 10.4 Å². The molecule has 1 aliphatic carbocycles. The molecule has 1 saturated carbocycles. The van der Waals surface area contributed by atoms with Gasteiger partial charge in [-0.3, -0.25) is 9.63 Å². The predicted octanol–water partition coefficient (Wildman–Crippen LogP) is 1.22. The van der Waals surface area contributed by atoms with Gasteiger partial charge >= 0.3 is 0 Å². The van der Waals surface area contributed by atoms with Crippen molar-refractivity contribution in [3.63, 3.8) is 0 Å². The summed E-state index contributed by atoms with van der Waals surface area (Å²) in [6.45, 7) is 1.96. The molecule has 0 bridgehead atoms. The lowest BCUT2D eigenvalue weighted by Gasteiger charge is -2.32. The molecule has 2 saturated heterocycles. The first-order chi connectivity index (χ1) is 7.79. The number of rotatable bonds is 1. The molecule has 4 heteroatoms. The molecule has 0 aromatic heterocycles. The molecular formula is C12H20N2O2. The molecule has 1 atom stereocenters. The molecule has 1 spiro atoms. The number of piperidine rings is 1. The summed E-state index contributed by atoms with van der Waals surface area (Å²) < 4.78 is 0. The Labute approximate surface area is 96.3 Å². The summed E-state index contributed by atoms with van der Waals surface area (Å²) in [5.74, 6) is 0.204. The van der Waals surface area contributed by atoms with Crippen molar-refractivity contribution in [2.24, 2.45) is 0 Å². The Morgan fingerprint density at radius 3 is 2.81 bits per heavy atom. The fourth-order valence-corrected chi connectivity index (χ4v) is 3.24. The fourth-order valence-electron chi connectivity index (χ4n) is 3.24. The number of amides is 1. The smallest absolute Gasteiger partial charge is 0.249 e. The summed E-state index contributed by atoms with van der Waals surface area (Å²) in [6, 6.07) is 0.265. The Hall–Kier alpha value is -0.610. The first-order valence-corrected chi connectivity index (χ1v) is 6.51. The van der Waals surface area contributed by atoms with E-state index in [1.54, 1.807) is 5.06 Å². The molecule has 90 valence electrons. The summed E-state index contributed by atoms with van der Waals surface area (Å²) in [5.41, 5.74) is -0.117. The highest BCUT2D eigenvalue weighted by Crippen LogP contribution is 2.42. The van der Waals surface area contributed by atoms with Crippen LogP contribution in [0.15, 0.2) is 0 Å². The zero-order valence-corrected chi connectivity index (χ0v) is 9.71. The third kappa shape index (κ3) is 1.74. The topological polar surface area (TPSA) is 41.6 Å². The Balaban J connectivity index is 1.69. The summed E-state index contributed by atoms with van der Waals surface area (Å²) in [5, 5.41) is 5.03. The zero-order chi connectivity index (χ0) is 11.0. The van der Waals surface area contributed by atoms with E-state index in [1.165, 1.54) is 12.8 Å². The van der Waals surface area contributed by atoms with Crippen LogP contribution in [0.3, 0.4) is 0 Å². The first-order valence-electron chi connectivity index (χ1n) is 6.51. The van der Waals surface area contributed by atoms with Crippen LogP contribution in [0.2, 0.25) is 0 Å². The molecule has 0 aromatic rings. The highest BCUT2D eigenvalue weighted by atomic mass is 16.7. The van der Waals surface area contributed by atoms with Crippen LogP contribution < -0.4 is 5.32 Å². The maximum Gasteiger partial charge on any atom is 0.249 e. The van der Waals surface area contributed by atoms with Crippen molar-refractivity contribution >= 4 is 5.91 Å². The monoisotopic (exact) mass is 224 g/mol. The molecule has 2 heterocycles. The van der Waals surface area contributed by atoms with Crippen molar-refractivity contribution in [1.29, 1.82) is 0 Å². The number of carbonyl (C=O) groups is 1. The van der Waals surface area contributed by atoms with Crippen molar-refractivity contribution in [2.45, 2.75) is 56.6 Å². The average molecular weight is 224 g/mol. The minimum atomic E-state index is -0.117. The highest BCUT2D eigenvalue weighted by molar-refractivity contribution is 5.78. The van der Waals surface area contributed by atoms with Gasteiger partial charge in [-0.1, -0.05) is 12.8 Å². The minimum Gasteiger partial charge on any atom is -0.315 e. The summed E-state index contributed by atoms with van der Waals surface area (Å²) in [7, 11) is 0. The fraction of sp³-hybridized carbons (Fsp3) is 0.917. The van der Waals surface area contributed by atoms with Crippen LogP contribution in [0, 0.1) is 0 Å². The van der Waals surface area contributed by atoms with Crippen molar-refractivity contribution < 1.29 is 9.63 Å². The first kappa shape index (κ1) is 10.5. The molecule has 3 fully saturated rings. The quantitative estimate of drug-likeness (QED) is 0.728. The van der Waals surface area contributed by atoms with Crippen LogP contribution in [0.5, 0.6) is 0 Å². The largest absolute Gasteiger partial charge is 0.315 e. The van der Waals surface area contributed by atoms with Gasteiger partial charge in [0.25, 0.3) is 0 Å². The van der Waals surface area contributed by atoms with E-state index in [-0.39, 0.29) is 17.6 Å². The molecule has 0 radical (unpaired) electrons. The van der Waals surface area contributed by atoms with Gasteiger partial charge in [-0.15, -0.1) is 0 Å². The lowest BCUT2D eigenvalue weighted by atomic mass is 9.99. The van der Waals surface area contributed by atoms with Crippen LogP contribution in [-0.4, -0.2) is 35.7 Å². The maximum absolute atomic E-state index is 12.0. The lowest BCUT2D eigenvalue weighted by Crippen LogP contribution is -2.46. The van der Waals surface area contributed by atoms with Crippen molar-refractivity contribution in [3.8, 4) is 0 Å². The van der Waals surface area contributed by atoms with Crippen LogP contribution in [0.25, 0.3) is 0 Å². The van der Waals surface area contributed by atoms with Gasteiger partial charge in [0.15, 0.2) is 0 Å². The number of nitrogens with one attached hydrogen (secondary N) is 1. The van der Waals surface area contributed by atoms with Gasteiger partial charge in [0.05, 0.1) is 12.5 Å². The van der Waals surface area contributed by atoms with Gasteiger partial charge in [0.1, 0.15) is 5.60 Å².